The molecule has 0 aliphatic carbocycles. The molecule has 1 aliphatic rings. The van der Waals surface area contributed by atoms with Gasteiger partial charge in [0.1, 0.15) is 17.5 Å². The molecule has 1 aromatic rings. The zero-order valence-corrected chi connectivity index (χ0v) is 8.66. The van der Waals surface area contributed by atoms with E-state index in [4.69, 9.17) is 10.5 Å². The van der Waals surface area contributed by atoms with Crippen molar-refractivity contribution in [1.29, 1.82) is 0 Å². The highest BCUT2D eigenvalue weighted by atomic mass is 16.5. The van der Waals surface area contributed by atoms with Crippen LogP contribution in [-0.2, 0) is 0 Å². The Balaban J connectivity index is 2.39. The molecular formula is C11H16N2O. The van der Waals surface area contributed by atoms with Gasteiger partial charge in [-0.15, -0.1) is 0 Å². The predicted octanol–water partition coefficient (Wildman–Crippen LogP) is 1.88. The molecular weight excluding hydrogens is 176 g/mol. The Hall–Kier alpha value is -1.38. The summed E-state index contributed by atoms with van der Waals surface area (Å²) in [6.45, 7) is 3.05. The van der Waals surface area contributed by atoms with E-state index in [-0.39, 0.29) is 6.10 Å². The molecule has 0 saturated heterocycles. The first-order valence-electron chi connectivity index (χ1n) is 4.98. The highest BCUT2D eigenvalue weighted by molar-refractivity contribution is 5.75. The smallest absolute Gasteiger partial charge is 0.145 e. The van der Waals surface area contributed by atoms with Crippen LogP contribution in [0.3, 0.4) is 0 Å². The molecule has 3 nitrogen and oxygen atoms in total. The van der Waals surface area contributed by atoms with Crippen molar-refractivity contribution >= 4 is 11.4 Å². The van der Waals surface area contributed by atoms with Gasteiger partial charge in [-0.2, -0.15) is 0 Å². The molecule has 0 bridgehead atoms. The van der Waals surface area contributed by atoms with Crippen molar-refractivity contribution in [3.05, 3.63) is 18.2 Å². The zero-order chi connectivity index (χ0) is 10.1. The molecule has 1 aliphatic heterocycles. The Morgan fingerprint density at radius 3 is 3.07 bits per heavy atom. The van der Waals surface area contributed by atoms with Crippen molar-refractivity contribution in [2.75, 3.05) is 24.2 Å². The summed E-state index contributed by atoms with van der Waals surface area (Å²) in [6.07, 6.45) is 1.31. The fraction of sp³-hybridized carbons (Fsp3) is 0.455. The number of nitrogen functional groups attached to an aromatic ring is 1. The topological polar surface area (TPSA) is 38.5 Å². The summed E-state index contributed by atoms with van der Waals surface area (Å²) >= 11 is 0. The maximum absolute atomic E-state index is 5.90. The maximum atomic E-state index is 5.90. The van der Waals surface area contributed by atoms with Gasteiger partial charge in [-0.1, -0.05) is 13.0 Å². The summed E-state index contributed by atoms with van der Waals surface area (Å²) in [5.74, 6) is 0.908. The van der Waals surface area contributed by atoms with E-state index in [1.165, 1.54) is 0 Å². The first-order chi connectivity index (χ1) is 6.72. The summed E-state index contributed by atoms with van der Waals surface area (Å²) < 4.78 is 5.81. The average Bonchev–Trinajstić information content (AvgIpc) is 2.17. The lowest BCUT2D eigenvalue weighted by molar-refractivity contribution is 0.192. The van der Waals surface area contributed by atoms with Crippen LogP contribution in [0.1, 0.15) is 13.3 Å². The third kappa shape index (κ3) is 1.39. The van der Waals surface area contributed by atoms with Crippen molar-refractivity contribution in [2.45, 2.75) is 19.4 Å². The van der Waals surface area contributed by atoms with Crippen LogP contribution < -0.4 is 15.4 Å². The highest BCUT2D eigenvalue weighted by Gasteiger charge is 2.23. The lowest BCUT2D eigenvalue weighted by atomic mass is 10.1. The summed E-state index contributed by atoms with van der Waals surface area (Å²) in [7, 11) is 2.06. The van der Waals surface area contributed by atoms with Gasteiger partial charge >= 0.3 is 0 Å². The van der Waals surface area contributed by atoms with E-state index < -0.39 is 0 Å². The standard InChI is InChI=1S/C11H16N2O/c1-3-8-7-13(2)11-9(12)5-4-6-10(11)14-8/h4-6,8H,3,7,12H2,1-2H3. The van der Waals surface area contributed by atoms with Gasteiger partial charge in [0.05, 0.1) is 12.2 Å². The highest BCUT2D eigenvalue weighted by Crippen LogP contribution is 2.37. The van der Waals surface area contributed by atoms with Crippen LogP contribution in [0, 0.1) is 0 Å². The molecule has 1 unspecified atom stereocenters. The van der Waals surface area contributed by atoms with E-state index in [1.807, 2.05) is 18.2 Å². The van der Waals surface area contributed by atoms with Gasteiger partial charge in [-0.25, -0.2) is 0 Å². The molecule has 0 radical (unpaired) electrons. The Morgan fingerprint density at radius 2 is 2.36 bits per heavy atom. The maximum Gasteiger partial charge on any atom is 0.145 e. The molecule has 3 heteroatoms. The SMILES string of the molecule is CCC1CN(C)c2c(N)cccc2O1. The fourth-order valence-electron chi connectivity index (χ4n) is 1.87. The van der Waals surface area contributed by atoms with Crippen LogP contribution >= 0.6 is 0 Å². The number of ether oxygens (including phenoxy) is 1. The molecule has 0 spiro atoms. The normalized spacial score (nSPS) is 20.1. The number of benzene rings is 1. The van der Waals surface area contributed by atoms with Crippen LogP contribution in [0.25, 0.3) is 0 Å². The first kappa shape index (κ1) is 9.19. The molecule has 1 heterocycles. The van der Waals surface area contributed by atoms with Gasteiger partial charge in [0.15, 0.2) is 0 Å². The van der Waals surface area contributed by atoms with Crippen molar-refractivity contribution < 1.29 is 4.74 Å². The van der Waals surface area contributed by atoms with Crippen LogP contribution in [-0.4, -0.2) is 19.7 Å². The second kappa shape index (κ2) is 3.40. The fourth-order valence-corrected chi connectivity index (χ4v) is 1.87. The van der Waals surface area contributed by atoms with Crippen LogP contribution in [0.15, 0.2) is 18.2 Å². The van der Waals surface area contributed by atoms with Gasteiger partial charge in [0.2, 0.25) is 0 Å². The van der Waals surface area contributed by atoms with Gasteiger partial charge in [0, 0.05) is 7.05 Å². The van der Waals surface area contributed by atoms with Crippen LogP contribution in [0.5, 0.6) is 5.75 Å². The van der Waals surface area contributed by atoms with E-state index in [0.29, 0.717) is 0 Å². The molecule has 76 valence electrons. The lowest BCUT2D eigenvalue weighted by Crippen LogP contribution is -2.37. The van der Waals surface area contributed by atoms with Gasteiger partial charge in [0.25, 0.3) is 0 Å². The molecule has 14 heavy (non-hydrogen) atoms. The van der Waals surface area contributed by atoms with E-state index >= 15 is 0 Å². The Bertz CT molecular complexity index is 338. The van der Waals surface area contributed by atoms with E-state index in [9.17, 15) is 0 Å². The van der Waals surface area contributed by atoms with Gasteiger partial charge < -0.3 is 15.4 Å². The Labute approximate surface area is 84.5 Å². The van der Waals surface area contributed by atoms with Crippen molar-refractivity contribution in [3.8, 4) is 5.75 Å². The van der Waals surface area contributed by atoms with Gasteiger partial charge in [-0.3, -0.25) is 0 Å². The molecule has 0 fully saturated rings. The quantitative estimate of drug-likeness (QED) is 0.690. The Morgan fingerprint density at radius 1 is 1.57 bits per heavy atom. The minimum atomic E-state index is 0.286. The summed E-state index contributed by atoms with van der Waals surface area (Å²) in [4.78, 5) is 2.17. The third-order valence-corrected chi connectivity index (χ3v) is 2.64. The number of anilines is 2. The number of likely N-dealkylation sites (N-methyl/N-ethyl adjacent to an activating group) is 1. The van der Waals surface area contributed by atoms with Crippen LogP contribution in [0.4, 0.5) is 11.4 Å². The van der Waals surface area contributed by atoms with Crippen molar-refractivity contribution in [1.82, 2.24) is 0 Å². The molecule has 1 atom stereocenters. The molecule has 2 rings (SSSR count). The number of rotatable bonds is 1. The minimum Gasteiger partial charge on any atom is -0.486 e. The predicted molar refractivity (Wildman–Crippen MR) is 58.8 cm³/mol. The van der Waals surface area contributed by atoms with E-state index in [1.54, 1.807) is 0 Å². The molecule has 1 aromatic carbocycles. The number of nitrogens with two attached hydrogens (primary N) is 1. The minimum absolute atomic E-state index is 0.286. The van der Waals surface area contributed by atoms with E-state index in [2.05, 4.69) is 18.9 Å². The third-order valence-electron chi connectivity index (χ3n) is 2.64. The number of hydrogen-bond donors (Lipinski definition) is 1. The molecule has 0 amide bonds. The Kier molecular flexibility index (Phi) is 2.23. The number of para-hydroxylation sites is 1. The largest absolute Gasteiger partial charge is 0.486 e. The molecule has 0 aromatic heterocycles. The number of fused-ring (bicyclic) bond motifs is 1. The summed E-state index contributed by atoms with van der Waals surface area (Å²) in [5, 5.41) is 0. The number of nitrogens with zero attached hydrogens (tertiary/aromatic N) is 1. The van der Waals surface area contributed by atoms with E-state index in [0.717, 1.165) is 30.1 Å². The van der Waals surface area contributed by atoms with Crippen molar-refractivity contribution in [2.24, 2.45) is 0 Å². The number of hydrogen-bond acceptors (Lipinski definition) is 3. The monoisotopic (exact) mass is 192 g/mol. The molecule has 0 saturated carbocycles. The summed E-state index contributed by atoms with van der Waals surface area (Å²) in [5.41, 5.74) is 7.71. The van der Waals surface area contributed by atoms with Gasteiger partial charge in [-0.05, 0) is 18.6 Å². The second-order valence-corrected chi connectivity index (χ2v) is 3.72. The van der Waals surface area contributed by atoms with Crippen LogP contribution in [0.2, 0.25) is 0 Å². The summed E-state index contributed by atoms with van der Waals surface area (Å²) in [6, 6.07) is 5.81. The first-order valence-corrected chi connectivity index (χ1v) is 4.98. The second-order valence-electron chi connectivity index (χ2n) is 3.72. The average molecular weight is 192 g/mol. The lowest BCUT2D eigenvalue weighted by Gasteiger charge is -2.34. The molecule has 2 N–H and O–H groups in total. The zero-order valence-electron chi connectivity index (χ0n) is 8.66. The van der Waals surface area contributed by atoms with Crippen molar-refractivity contribution in [3.63, 3.8) is 0 Å².